The van der Waals surface area contributed by atoms with E-state index in [0.717, 1.165) is 0 Å². The summed E-state index contributed by atoms with van der Waals surface area (Å²) in [4.78, 5) is 26.2. The summed E-state index contributed by atoms with van der Waals surface area (Å²) in [5.74, 6) is -3.91. The van der Waals surface area contributed by atoms with Crippen LogP contribution in [0.5, 0.6) is 0 Å². The van der Waals surface area contributed by atoms with Crippen LogP contribution in [0.15, 0.2) is 18.2 Å². The van der Waals surface area contributed by atoms with Gasteiger partial charge in [-0.15, -0.1) is 0 Å². The van der Waals surface area contributed by atoms with E-state index < -0.39 is 11.8 Å². The number of nitrogens with one attached hydrogen (secondary N) is 1. The third-order valence-electron chi connectivity index (χ3n) is 5.66. The molecule has 0 atom stereocenters. The molecule has 1 aromatic carbocycles. The van der Waals surface area contributed by atoms with Gasteiger partial charge in [-0.05, 0) is 36.6 Å². The Hall–Kier alpha value is -3.04. The van der Waals surface area contributed by atoms with Gasteiger partial charge in [0.15, 0.2) is 0 Å². The van der Waals surface area contributed by atoms with Crippen LogP contribution in [-0.2, 0) is 13.1 Å². The summed E-state index contributed by atoms with van der Waals surface area (Å²) < 4.78 is 41.2. The Kier molecular flexibility index (Phi) is 4.95. The Balaban J connectivity index is 1.52. The van der Waals surface area contributed by atoms with Gasteiger partial charge in [0, 0.05) is 31.5 Å². The Morgan fingerprint density at radius 3 is 2.67 bits per heavy atom. The van der Waals surface area contributed by atoms with E-state index in [1.807, 2.05) is 0 Å². The topological polar surface area (TPSA) is 93.2 Å². The highest BCUT2D eigenvalue weighted by molar-refractivity contribution is 6.00. The monoisotopic (exact) mass is 421 g/mol. The summed E-state index contributed by atoms with van der Waals surface area (Å²) in [6.45, 7) is 2.61. The molecule has 2 aliphatic rings. The fourth-order valence-corrected chi connectivity index (χ4v) is 4.02. The van der Waals surface area contributed by atoms with Gasteiger partial charge in [0.1, 0.15) is 11.5 Å². The summed E-state index contributed by atoms with van der Waals surface area (Å²) in [5, 5.41) is 7.16. The van der Waals surface area contributed by atoms with Gasteiger partial charge in [-0.1, -0.05) is 0 Å². The molecule has 160 valence electrons. The fraction of sp³-hybridized carbons (Fsp3) is 0.450. The van der Waals surface area contributed by atoms with Crippen molar-refractivity contribution in [3.8, 4) is 11.3 Å². The molecule has 1 aliphatic carbocycles. The fourth-order valence-electron chi connectivity index (χ4n) is 4.02. The molecule has 10 heteroatoms. The van der Waals surface area contributed by atoms with Gasteiger partial charge in [-0.3, -0.25) is 9.48 Å². The Labute approximate surface area is 171 Å². The van der Waals surface area contributed by atoms with Gasteiger partial charge < -0.3 is 16.0 Å². The van der Waals surface area contributed by atoms with Crippen molar-refractivity contribution in [1.82, 2.24) is 20.0 Å². The van der Waals surface area contributed by atoms with Gasteiger partial charge in [-0.25, -0.2) is 18.0 Å². The van der Waals surface area contributed by atoms with Crippen molar-refractivity contribution in [2.45, 2.75) is 38.8 Å². The Bertz CT molecular complexity index is 1010. The third-order valence-corrected chi connectivity index (χ3v) is 5.66. The second-order valence-corrected chi connectivity index (χ2v) is 7.96. The van der Waals surface area contributed by atoms with Crippen LogP contribution in [0, 0.1) is 18.7 Å². The number of urea groups is 1. The van der Waals surface area contributed by atoms with Crippen molar-refractivity contribution in [2.24, 2.45) is 11.7 Å². The number of aromatic nitrogens is 2. The number of carbonyl (C=O) groups is 2. The molecule has 1 fully saturated rings. The lowest BCUT2D eigenvalue weighted by atomic mass is 9.81. The molecule has 1 saturated carbocycles. The second kappa shape index (κ2) is 7.33. The molecule has 0 unspecified atom stereocenters. The van der Waals surface area contributed by atoms with Crippen LogP contribution >= 0.6 is 0 Å². The van der Waals surface area contributed by atoms with Gasteiger partial charge in [0.25, 0.3) is 5.91 Å². The highest BCUT2D eigenvalue weighted by Gasteiger charge is 2.45. The van der Waals surface area contributed by atoms with E-state index in [0.29, 0.717) is 35.6 Å². The van der Waals surface area contributed by atoms with Crippen molar-refractivity contribution >= 4 is 11.9 Å². The van der Waals surface area contributed by atoms with E-state index in [9.17, 15) is 22.8 Å². The van der Waals surface area contributed by atoms with E-state index in [1.165, 1.54) is 17.0 Å². The molecule has 0 saturated heterocycles. The molecule has 7 nitrogen and oxygen atoms in total. The van der Waals surface area contributed by atoms with Gasteiger partial charge in [-0.2, -0.15) is 5.10 Å². The van der Waals surface area contributed by atoms with E-state index in [1.54, 1.807) is 17.7 Å². The molecule has 3 amide bonds. The number of benzene rings is 1. The van der Waals surface area contributed by atoms with Crippen molar-refractivity contribution in [3.63, 3.8) is 0 Å². The average Bonchev–Trinajstić information content (AvgIpc) is 3.05. The molecule has 3 N–H and O–H groups in total. The van der Waals surface area contributed by atoms with Gasteiger partial charge in [0.2, 0.25) is 5.92 Å². The van der Waals surface area contributed by atoms with E-state index >= 15 is 0 Å². The molecular formula is C20H22F3N5O2. The minimum Gasteiger partial charge on any atom is -0.365 e. The SMILES string of the molecule is Cc1cc(-c2nn3c(c2C(N)=O)CN(C(=O)NCC2CC(F)(F)C2)CC3)ccc1F. The first-order chi connectivity index (χ1) is 14.1. The molecule has 4 rings (SSSR count). The lowest BCUT2D eigenvalue weighted by Gasteiger charge is -2.35. The number of amides is 3. The number of nitrogens with zero attached hydrogens (tertiary/aromatic N) is 3. The van der Waals surface area contributed by atoms with Crippen molar-refractivity contribution in [3.05, 3.63) is 40.8 Å². The molecule has 2 aromatic rings. The highest BCUT2D eigenvalue weighted by Crippen LogP contribution is 2.41. The van der Waals surface area contributed by atoms with Crippen LogP contribution in [0.4, 0.5) is 18.0 Å². The highest BCUT2D eigenvalue weighted by atomic mass is 19.3. The first-order valence-corrected chi connectivity index (χ1v) is 9.71. The van der Waals surface area contributed by atoms with Crippen LogP contribution in [0.2, 0.25) is 0 Å². The number of aryl methyl sites for hydroxylation is 1. The summed E-state index contributed by atoms with van der Waals surface area (Å²) in [6, 6.07) is 4.04. The maximum atomic E-state index is 13.6. The second-order valence-electron chi connectivity index (χ2n) is 7.96. The number of carbonyl (C=O) groups excluding carboxylic acids is 2. The lowest BCUT2D eigenvalue weighted by molar-refractivity contribution is -0.108. The summed E-state index contributed by atoms with van der Waals surface area (Å²) in [7, 11) is 0. The number of halogens is 3. The normalized spacial score (nSPS) is 17.9. The number of rotatable bonds is 4. The molecule has 30 heavy (non-hydrogen) atoms. The van der Waals surface area contributed by atoms with Gasteiger partial charge in [0.05, 0.1) is 24.3 Å². The number of nitrogens with two attached hydrogens (primary N) is 1. The van der Waals surface area contributed by atoms with Gasteiger partial charge >= 0.3 is 6.03 Å². The zero-order valence-corrected chi connectivity index (χ0v) is 16.4. The number of hydrogen-bond acceptors (Lipinski definition) is 3. The number of primary amides is 1. The molecular weight excluding hydrogens is 399 g/mol. The predicted molar refractivity (Wildman–Crippen MR) is 102 cm³/mol. The van der Waals surface area contributed by atoms with Crippen molar-refractivity contribution in [2.75, 3.05) is 13.1 Å². The van der Waals surface area contributed by atoms with E-state index in [4.69, 9.17) is 5.73 Å². The predicted octanol–water partition coefficient (Wildman–Crippen LogP) is 2.67. The standard InChI is InChI=1S/C20H22F3N5O2/c1-11-6-13(2-3-14(11)21)17-16(18(24)29)15-10-27(4-5-28(15)26-17)19(30)25-9-12-7-20(22,23)8-12/h2-3,6,12H,4-5,7-10H2,1H3,(H2,24,29)(H,25,30). The lowest BCUT2D eigenvalue weighted by Crippen LogP contribution is -2.48. The summed E-state index contributed by atoms with van der Waals surface area (Å²) in [5.41, 5.74) is 7.61. The quantitative estimate of drug-likeness (QED) is 0.795. The van der Waals surface area contributed by atoms with Crippen LogP contribution < -0.4 is 11.1 Å². The van der Waals surface area contributed by atoms with Crippen molar-refractivity contribution < 1.29 is 22.8 Å². The van der Waals surface area contributed by atoms with E-state index in [-0.39, 0.29) is 49.3 Å². The summed E-state index contributed by atoms with van der Waals surface area (Å²) >= 11 is 0. The third kappa shape index (κ3) is 3.73. The smallest absolute Gasteiger partial charge is 0.317 e. The maximum absolute atomic E-state index is 13.6. The molecule has 1 aliphatic heterocycles. The Morgan fingerprint density at radius 2 is 2.03 bits per heavy atom. The van der Waals surface area contributed by atoms with Crippen molar-refractivity contribution in [1.29, 1.82) is 0 Å². The number of fused-ring (bicyclic) bond motifs is 1. The van der Waals surface area contributed by atoms with Crippen LogP contribution in [0.3, 0.4) is 0 Å². The zero-order valence-electron chi connectivity index (χ0n) is 16.4. The minimum atomic E-state index is -2.63. The minimum absolute atomic E-state index is 0.109. The maximum Gasteiger partial charge on any atom is 0.317 e. The van der Waals surface area contributed by atoms with Crippen LogP contribution in [0.25, 0.3) is 11.3 Å². The first-order valence-electron chi connectivity index (χ1n) is 9.71. The van der Waals surface area contributed by atoms with Crippen LogP contribution in [-0.4, -0.2) is 45.6 Å². The number of hydrogen-bond donors (Lipinski definition) is 2. The zero-order chi connectivity index (χ0) is 21.6. The van der Waals surface area contributed by atoms with E-state index in [2.05, 4.69) is 10.4 Å². The first kappa shape index (κ1) is 20.2. The largest absolute Gasteiger partial charge is 0.365 e. The molecule has 2 heterocycles. The molecule has 0 radical (unpaired) electrons. The molecule has 1 aromatic heterocycles. The molecule has 0 bridgehead atoms. The summed E-state index contributed by atoms with van der Waals surface area (Å²) in [6.07, 6.45) is -0.432. The average molecular weight is 421 g/mol. The Morgan fingerprint density at radius 1 is 1.30 bits per heavy atom. The molecule has 0 spiro atoms. The number of alkyl halides is 2. The van der Waals surface area contributed by atoms with Crippen LogP contribution in [0.1, 0.15) is 34.5 Å².